The van der Waals surface area contributed by atoms with E-state index in [2.05, 4.69) is 4.98 Å². The van der Waals surface area contributed by atoms with Crippen molar-refractivity contribution in [2.45, 2.75) is 19.8 Å². The minimum absolute atomic E-state index is 0.154. The maximum absolute atomic E-state index is 10.9. The molecule has 0 N–H and O–H groups in total. The first kappa shape index (κ1) is 7.28. The number of rotatable bonds is 0. The van der Waals surface area contributed by atoms with Crippen molar-refractivity contribution < 1.29 is 9.53 Å². The first-order chi connectivity index (χ1) is 5.77. The van der Waals surface area contributed by atoms with E-state index in [0.29, 0.717) is 12.2 Å². The summed E-state index contributed by atoms with van der Waals surface area (Å²) in [6.07, 6.45) is 3.00. The minimum atomic E-state index is -0.154. The molecule has 1 aromatic rings. The molecule has 0 bridgehead atoms. The van der Waals surface area contributed by atoms with Gasteiger partial charge in [0.1, 0.15) is 0 Å². The molecule has 2 rings (SSSR count). The SMILES string of the molecule is Cc1nccc2c1OC(=O)CC2. The Labute approximate surface area is 70.4 Å². The number of nitrogens with zero attached hydrogens (tertiary/aromatic N) is 1. The van der Waals surface area contributed by atoms with Gasteiger partial charge in [0.15, 0.2) is 5.75 Å². The third-order valence-corrected chi connectivity index (χ3v) is 1.98. The molecule has 0 radical (unpaired) electrons. The average Bonchev–Trinajstić information content (AvgIpc) is 2.07. The highest BCUT2D eigenvalue weighted by Crippen LogP contribution is 2.26. The van der Waals surface area contributed by atoms with Crippen molar-refractivity contribution in [3.05, 3.63) is 23.5 Å². The van der Waals surface area contributed by atoms with Crippen LogP contribution in [0.3, 0.4) is 0 Å². The largest absolute Gasteiger partial charge is 0.424 e. The zero-order valence-electron chi connectivity index (χ0n) is 6.83. The molecule has 1 aliphatic rings. The summed E-state index contributed by atoms with van der Waals surface area (Å²) in [6, 6.07) is 1.90. The zero-order valence-corrected chi connectivity index (χ0v) is 6.83. The lowest BCUT2D eigenvalue weighted by atomic mass is 10.1. The Bertz CT molecular complexity index is 333. The summed E-state index contributed by atoms with van der Waals surface area (Å²) < 4.78 is 5.06. The molecule has 12 heavy (non-hydrogen) atoms. The van der Waals surface area contributed by atoms with Gasteiger partial charge in [-0.2, -0.15) is 0 Å². The normalized spacial score (nSPS) is 15.2. The Balaban J connectivity index is 2.50. The second-order valence-corrected chi connectivity index (χ2v) is 2.86. The fourth-order valence-electron chi connectivity index (χ4n) is 1.34. The first-order valence-electron chi connectivity index (χ1n) is 3.92. The van der Waals surface area contributed by atoms with E-state index in [1.165, 1.54) is 0 Å². The maximum atomic E-state index is 10.9. The molecule has 3 heteroatoms. The number of carbonyl (C=O) groups is 1. The van der Waals surface area contributed by atoms with Crippen LogP contribution in [0.4, 0.5) is 0 Å². The Morgan fingerprint density at radius 1 is 1.50 bits per heavy atom. The van der Waals surface area contributed by atoms with E-state index < -0.39 is 0 Å². The lowest BCUT2D eigenvalue weighted by Gasteiger charge is -2.15. The number of fused-ring (bicyclic) bond motifs is 1. The van der Waals surface area contributed by atoms with Crippen LogP contribution >= 0.6 is 0 Å². The Hall–Kier alpha value is -1.38. The van der Waals surface area contributed by atoms with E-state index in [-0.39, 0.29) is 5.97 Å². The van der Waals surface area contributed by atoms with E-state index in [1.54, 1.807) is 6.20 Å². The van der Waals surface area contributed by atoms with Crippen LogP contribution in [0.1, 0.15) is 17.7 Å². The van der Waals surface area contributed by atoms with Crippen molar-refractivity contribution in [1.82, 2.24) is 4.98 Å². The molecule has 0 aliphatic carbocycles. The van der Waals surface area contributed by atoms with Crippen LogP contribution in [0.15, 0.2) is 12.3 Å². The number of ether oxygens (including phenoxy) is 1. The van der Waals surface area contributed by atoms with Gasteiger partial charge in [-0.1, -0.05) is 0 Å². The third kappa shape index (κ3) is 1.07. The Morgan fingerprint density at radius 2 is 2.33 bits per heavy atom. The third-order valence-electron chi connectivity index (χ3n) is 1.98. The summed E-state index contributed by atoms with van der Waals surface area (Å²) in [5, 5.41) is 0. The summed E-state index contributed by atoms with van der Waals surface area (Å²) in [4.78, 5) is 15.0. The highest BCUT2D eigenvalue weighted by molar-refractivity contribution is 5.75. The number of hydrogen-bond donors (Lipinski definition) is 0. The first-order valence-corrected chi connectivity index (χ1v) is 3.92. The van der Waals surface area contributed by atoms with Crippen molar-refractivity contribution in [2.24, 2.45) is 0 Å². The zero-order chi connectivity index (χ0) is 8.55. The van der Waals surface area contributed by atoms with E-state index in [4.69, 9.17) is 4.74 Å². The smallest absolute Gasteiger partial charge is 0.311 e. The lowest BCUT2D eigenvalue weighted by Crippen LogP contribution is -2.16. The molecular formula is C9H9NO2. The Morgan fingerprint density at radius 3 is 3.17 bits per heavy atom. The quantitative estimate of drug-likeness (QED) is 0.540. The van der Waals surface area contributed by atoms with E-state index >= 15 is 0 Å². The van der Waals surface area contributed by atoms with Gasteiger partial charge >= 0.3 is 5.97 Å². The summed E-state index contributed by atoms with van der Waals surface area (Å²) in [7, 11) is 0. The van der Waals surface area contributed by atoms with Gasteiger partial charge in [-0.3, -0.25) is 9.78 Å². The molecule has 0 saturated carbocycles. The van der Waals surface area contributed by atoms with Gasteiger partial charge in [0.05, 0.1) is 12.1 Å². The fraction of sp³-hybridized carbons (Fsp3) is 0.333. The predicted octanol–water partition coefficient (Wildman–Crippen LogP) is 1.24. The number of pyridine rings is 1. The summed E-state index contributed by atoms with van der Waals surface area (Å²) in [5.74, 6) is 0.507. The van der Waals surface area contributed by atoms with Crippen LogP contribution in [-0.4, -0.2) is 11.0 Å². The van der Waals surface area contributed by atoms with E-state index in [9.17, 15) is 4.79 Å². The van der Waals surface area contributed by atoms with E-state index in [0.717, 1.165) is 17.7 Å². The molecule has 2 heterocycles. The molecule has 0 saturated heterocycles. The monoisotopic (exact) mass is 163 g/mol. The molecule has 1 aliphatic heterocycles. The fourth-order valence-corrected chi connectivity index (χ4v) is 1.34. The highest BCUT2D eigenvalue weighted by Gasteiger charge is 2.18. The van der Waals surface area contributed by atoms with Gasteiger partial charge in [-0.05, 0) is 25.0 Å². The van der Waals surface area contributed by atoms with E-state index in [1.807, 2.05) is 13.0 Å². The molecule has 0 unspecified atom stereocenters. The lowest BCUT2D eigenvalue weighted by molar-refractivity contribution is -0.135. The molecule has 1 aromatic heterocycles. The summed E-state index contributed by atoms with van der Waals surface area (Å²) in [5.41, 5.74) is 1.88. The molecule has 0 atom stereocenters. The van der Waals surface area contributed by atoms with Crippen molar-refractivity contribution in [3.8, 4) is 5.75 Å². The van der Waals surface area contributed by atoms with Crippen LogP contribution in [0.2, 0.25) is 0 Å². The second kappa shape index (κ2) is 2.59. The predicted molar refractivity (Wildman–Crippen MR) is 42.9 cm³/mol. The van der Waals surface area contributed by atoms with Crippen LogP contribution in [0.5, 0.6) is 5.75 Å². The number of aryl methyl sites for hydroxylation is 2. The summed E-state index contributed by atoms with van der Waals surface area (Å²) in [6.45, 7) is 1.84. The van der Waals surface area contributed by atoms with Crippen molar-refractivity contribution in [2.75, 3.05) is 0 Å². The number of esters is 1. The second-order valence-electron chi connectivity index (χ2n) is 2.86. The minimum Gasteiger partial charge on any atom is -0.424 e. The van der Waals surface area contributed by atoms with Crippen LogP contribution in [-0.2, 0) is 11.2 Å². The molecule has 0 amide bonds. The molecular weight excluding hydrogens is 154 g/mol. The number of hydrogen-bond acceptors (Lipinski definition) is 3. The van der Waals surface area contributed by atoms with Gasteiger partial charge in [0.2, 0.25) is 0 Å². The average molecular weight is 163 g/mol. The van der Waals surface area contributed by atoms with Gasteiger partial charge in [0.25, 0.3) is 0 Å². The summed E-state index contributed by atoms with van der Waals surface area (Å²) >= 11 is 0. The van der Waals surface area contributed by atoms with Crippen LogP contribution in [0, 0.1) is 6.92 Å². The van der Waals surface area contributed by atoms with Gasteiger partial charge < -0.3 is 4.74 Å². The highest BCUT2D eigenvalue weighted by atomic mass is 16.5. The number of carbonyl (C=O) groups excluding carboxylic acids is 1. The van der Waals surface area contributed by atoms with Crippen molar-refractivity contribution >= 4 is 5.97 Å². The van der Waals surface area contributed by atoms with Gasteiger partial charge in [-0.15, -0.1) is 0 Å². The van der Waals surface area contributed by atoms with Crippen LogP contribution in [0.25, 0.3) is 0 Å². The van der Waals surface area contributed by atoms with Gasteiger partial charge in [0, 0.05) is 6.20 Å². The van der Waals surface area contributed by atoms with Crippen LogP contribution < -0.4 is 4.74 Å². The number of aromatic nitrogens is 1. The molecule has 0 fully saturated rings. The van der Waals surface area contributed by atoms with Gasteiger partial charge in [-0.25, -0.2) is 0 Å². The Kier molecular flexibility index (Phi) is 1.57. The maximum Gasteiger partial charge on any atom is 0.311 e. The molecule has 0 spiro atoms. The van der Waals surface area contributed by atoms with Crippen molar-refractivity contribution in [1.29, 1.82) is 0 Å². The van der Waals surface area contributed by atoms with Crippen molar-refractivity contribution in [3.63, 3.8) is 0 Å². The standard InChI is InChI=1S/C9H9NO2/c1-6-9-7(4-5-10-6)2-3-8(11)12-9/h4-5H,2-3H2,1H3. The molecule has 62 valence electrons. The molecule has 0 aromatic carbocycles. The molecule has 3 nitrogen and oxygen atoms in total. The topological polar surface area (TPSA) is 39.2 Å².